The first kappa shape index (κ1) is 23.2. The Bertz CT molecular complexity index is 978. The molecule has 3 rings (SSSR count). The molecule has 0 fully saturated rings. The summed E-state index contributed by atoms with van der Waals surface area (Å²) in [6.07, 6.45) is -0.147. The number of hydroxylamine groups is 2. The summed E-state index contributed by atoms with van der Waals surface area (Å²) in [7, 11) is 0. The fraction of sp³-hybridized carbons (Fsp3) is 0.167. The topological polar surface area (TPSA) is 51.8 Å². The fourth-order valence-electron chi connectivity index (χ4n) is 2.63. The molecule has 0 heterocycles. The second kappa shape index (κ2) is 11.8. The minimum Gasteiger partial charge on any atom is -0.494 e. The SMILES string of the molecule is FC(F)(F)c1cccc(Oc2ccc(OCCCNON/C=C/c3ccccc3)cc2)c1. The zero-order chi connectivity index (χ0) is 22.7. The van der Waals surface area contributed by atoms with Gasteiger partial charge in [-0.1, -0.05) is 36.4 Å². The summed E-state index contributed by atoms with van der Waals surface area (Å²) < 4.78 is 49.5. The van der Waals surface area contributed by atoms with Gasteiger partial charge in [-0.15, -0.1) is 0 Å². The predicted octanol–water partition coefficient (Wildman–Crippen LogP) is 5.96. The highest BCUT2D eigenvalue weighted by molar-refractivity contribution is 5.47. The van der Waals surface area contributed by atoms with Crippen molar-refractivity contribution in [1.82, 2.24) is 11.0 Å². The van der Waals surface area contributed by atoms with Crippen LogP contribution in [0.25, 0.3) is 6.08 Å². The molecule has 5 nitrogen and oxygen atoms in total. The molecule has 0 unspecified atom stereocenters. The monoisotopic (exact) mass is 444 g/mol. The average Bonchev–Trinajstić information content (AvgIpc) is 2.79. The van der Waals surface area contributed by atoms with Gasteiger partial charge in [-0.2, -0.15) is 23.6 Å². The molecule has 0 amide bonds. The van der Waals surface area contributed by atoms with E-state index in [-0.39, 0.29) is 5.75 Å². The summed E-state index contributed by atoms with van der Waals surface area (Å²) in [5, 5.41) is 0. The minimum atomic E-state index is -4.41. The number of rotatable bonds is 11. The Morgan fingerprint density at radius 1 is 0.812 bits per heavy atom. The Hall–Kier alpha value is -3.49. The van der Waals surface area contributed by atoms with Gasteiger partial charge in [0.15, 0.2) is 0 Å². The summed E-state index contributed by atoms with van der Waals surface area (Å²) in [5.74, 6) is 1.17. The molecule has 168 valence electrons. The molecule has 3 aromatic rings. The molecule has 0 aliphatic heterocycles. The molecular formula is C24H23F3N2O3. The van der Waals surface area contributed by atoms with Gasteiger partial charge in [0.05, 0.1) is 12.2 Å². The van der Waals surface area contributed by atoms with Crippen LogP contribution in [0.15, 0.2) is 85.1 Å². The first-order chi connectivity index (χ1) is 15.5. The molecule has 0 aliphatic rings. The summed E-state index contributed by atoms with van der Waals surface area (Å²) in [4.78, 5) is 5.08. The van der Waals surface area contributed by atoms with Crippen LogP contribution in [0.1, 0.15) is 17.5 Å². The standard InChI is InChI=1S/C24H23F3N2O3/c25-24(26,27)20-8-4-9-23(18-20)31-22-12-10-21(11-13-22)30-17-5-15-28-32-29-16-14-19-6-2-1-3-7-19/h1-4,6-14,16,18,28-29H,5,15,17H2/b16-14+. The second-order valence-corrected chi connectivity index (χ2v) is 6.66. The molecule has 0 radical (unpaired) electrons. The number of hydrogen-bond donors (Lipinski definition) is 2. The van der Waals surface area contributed by atoms with Gasteiger partial charge < -0.3 is 9.47 Å². The largest absolute Gasteiger partial charge is 0.494 e. The van der Waals surface area contributed by atoms with Crippen LogP contribution in [0.5, 0.6) is 17.2 Å². The quantitative estimate of drug-likeness (QED) is 0.282. The van der Waals surface area contributed by atoms with Crippen molar-refractivity contribution < 1.29 is 27.6 Å². The smallest absolute Gasteiger partial charge is 0.416 e. The minimum absolute atomic E-state index is 0.117. The molecule has 0 spiro atoms. The molecule has 8 heteroatoms. The van der Waals surface area contributed by atoms with E-state index in [9.17, 15) is 13.2 Å². The average molecular weight is 444 g/mol. The van der Waals surface area contributed by atoms with Gasteiger partial charge in [-0.25, -0.2) is 0 Å². The van der Waals surface area contributed by atoms with E-state index in [4.69, 9.17) is 14.4 Å². The van der Waals surface area contributed by atoms with Gasteiger partial charge in [-0.05, 0) is 60.5 Å². The van der Waals surface area contributed by atoms with Gasteiger partial charge >= 0.3 is 6.18 Å². The molecule has 0 saturated heterocycles. The Morgan fingerprint density at radius 3 is 2.31 bits per heavy atom. The normalized spacial score (nSPS) is 11.5. The van der Waals surface area contributed by atoms with Gasteiger partial charge in [0.2, 0.25) is 0 Å². The van der Waals surface area contributed by atoms with E-state index in [1.807, 2.05) is 36.4 Å². The van der Waals surface area contributed by atoms with Gasteiger partial charge in [0, 0.05) is 12.7 Å². The Morgan fingerprint density at radius 2 is 1.56 bits per heavy atom. The van der Waals surface area contributed by atoms with Gasteiger partial charge in [0.1, 0.15) is 17.2 Å². The van der Waals surface area contributed by atoms with Crippen molar-refractivity contribution in [3.8, 4) is 17.2 Å². The van der Waals surface area contributed by atoms with Crippen molar-refractivity contribution in [2.75, 3.05) is 13.2 Å². The number of benzene rings is 3. The van der Waals surface area contributed by atoms with Crippen LogP contribution in [0.2, 0.25) is 0 Å². The van der Waals surface area contributed by atoms with Gasteiger partial charge in [0.25, 0.3) is 0 Å². The first-order valence-corrected chi connectivity index (χ1v) is 9.94. The Kier molecular flexibility index (Phi) is 8.53. The molecule has 0 aliphatic carbocycles. The summed E-state index contributed by atoms with van der Waals surface area (Å²) in [6.45, 7) is 1.03. The molecule has 0 aromatic heterocycles. The Balaban J connectivity index is 1.31. The van der Waals surface area contributed by atoms with E-state index in [2.05, 4.69) is 11.0 Å². The summed E-state index contributed by atoms with van der Waals surface area (Å²) in [6, 6.07) is 21.2. The van der Waals surface area contributed by atoms with Crippen molar-refractivity contribution >= 4 is 6.08 Å². The number of nitrogens with one attached hydrogen (secondary N) is 2. The van der Waals surface area contributed by atoms with E-state index < -0.39 is 11.7 Å². The molecule has 0 saturated carbocycles. The van der Waals surface area contributed by atoms with Crippen molar-refractivity contribution in [2.45, 2.75) is 12.6 Å². The van der Waals surface area contributed by atoms with Crippen molar-refractivity contribution in [1.29, 1.82) is 0 Å². The van der Waals surface area contributed by atoms with Crippen LogP contribution in [-0.2, 0) is 11.1 Å². The lowest BCUT2D eigenvalue weighted by Gasteiger charge is -2.11. The molecule has 32 heavy (non-hydrogen) atoms. The maximum Gasteiger partial charge on any atom is 0.416 e. The second-order valence-electron chi connectivity index (χ2n) is 6.66. The third-order valence-corrected chi connectivity index (χ3v) is 4.19. The zero-order valence-corrected chi connectivity index (χ0v) is 17.1. The maximum atomic E-state index is 12.8. The van der Waals surface area contributed by atoms with Crippen LogP contribution in [0.4, 0.5) is 13.2 Å². The lowest BCUT2D eigenvalue weighted by Crippen LogP contribution is -2.24. The number of ether oxygens (including phenoxy) is 2. The van der Waals surface area contributed by atoms with Crippen LogP contribution < -0.4 is 20.4 Å². The molecular weight excluding hydrogens is 421 g/mol. The van der Waals surface area contributed by atoms with Crippen LogP contribution in [0, 0.1) is 0 Å². The highest BCUT2D eigenvalue weighted by Crippen LogP contribution is 2.33. The van der Waals surface area contributed by atoms with E-state index in [1.54, 1.807) is 30.5 Å². The Labute approximate surface area is 184 Å². The van der Waals surface area contributed by atoms with E-state index >= 15 is 0 Å². The zero-order valence-electron chi connectivity index (χ0n) is 17.1. The molecule has 2 N–H and O–H groups in total. The first-order valence-electron chi connectivity index (χ1n) is 9.94. The molecule has 0 atom stereocenters. The highest BCUT2D eigenvalue weighted by Gasteiger charge is 2.30. The van der Waals surface area contributed by atoms with Crippen molar-refractivity contribution in [2.24, 2.45) is 0 Å². The number of hydrogen-bond acceptors (Lipinski definition) is 5. The van der Waals surface area contributed by atoms with E-state index in [0.29, 0.717) is 31.1 Å². The lowest BCUT2D eigenvalue weighted by molar-refractivity contribution is -0.137. The third kappa shape index (κ3) is 7.98. The maximum absolute atomic E-state index is 12.8. The summed E-state index contributed by atoms with van der Waals surface area (Å²) >= 11 is 0. The van der Waals surface area contributed by atoms with E-state index in [1.165, 1.54) is 12.1 Å². The van der Waals surface area contributed by atoms with Crippen molar-refractivity contribution in [3.63, 3.8) is 0 Å². The van der Waals surface area contributed by atoms with Crippen molar-refractivity contribution in [3.05, 3.63) is 96.2 Å². The molecule has 0 bridgehead atoms. The van der Waals surface area contributed by atoms with Crippen LogP contribution in [0.3, 0.4) is 0 Å². The summed E-state index contributed by atoms with van der Waals surface area (Å²) in [5.41, 5.74) is 5.74. The number of halogens is 3. The van der Waals surface area contributed by atoms with Crippen LogP contribution >= 0.6 is 0 Å². The lowest BCUT2D eigenvalue weighted by atomic mass is 10.2. The van der Waals surface area contributed by atoms with Crippen LogP contribution in [-0.4, -0.2) is 13.2 Å². The molecule has 3 aromatic carbocycles. The van der Waals surface area contributed by atoms with Gasteiger partial charge in [-0.3, -0.25) is 5.48 Å². The predicted molar refractivity (Wildman–Crippen MR) is 116 cm³/mol. The fourth-order valence-corrected chi connectivity index (χ4v) is 2.63. The van der Waals surface area contributed by atoms with E-state index in [0.717, 1.165) is 17.7 Å². The number of alkyl halides is 3. The third-order valence-electron chi connectivity index (χ3n) is 4.19. The highest BCUT2D eigenvalue weighted by atomic mass is 19.4.